The molecule has 5 rings (SSSR count). The molecule has 4 aromatic rings. The SMILES string of the molecule is O=C1NC(=O)N(c2ccccc2)C(=O)/C1=C/c1c(OCc2ccccc2Br)ccc2ccccc12. The number of rotatable bonds is 5. The Labute approximate surface area is 209 Å². The monoisotopic (exact) mass is 526 g/mol. The minimum absolute atomic E-state index is 0.157. The molecule has 1 aliphatic heterocycles. The van der Waals surface area contributed by atoms with Gasteiger partial charge in [-0.25, -0.2) is 9.69 Å². The summed E-state index contributed by atoms with van der Waals surface area (Å²) in [4.78, 5) is 39.6. The van der Waals surface area contributed by atoms with E-state index >= 15 is 0 Å². The van der Waals surface area contributed by atoms with Gasteiger partial charge in [-0.05, 0) is 41.1 Å². The number of fused-ring (bicyclic) bond motifs is 1. The number of hydrogen-bond acceptors (Lipinski definition) is 4. The van der Waals surface area contributed by atoms with Crippen molar-refractivity contribution in [3.8, 4) is 5.75 Å². The largest absolute Gasteiger partial charge is 0.488 e. The molecule has 0 radical (unpaired) electrons. The van der Waals surface area contributed by atoms with Crippen molar-refractivity contribution in [1.82, 2.24) is 5.32 Å². The van der Waals surface area contributed by atoms with Gasteiger partial charge in [0.2, 0.25) is 0 Å². The lowest BCUT2D eigenvalue weighted by Gasteiger charge is -2.26. The quantitative estimate of drug-likeness (QED) is 0.261. The van der Waals surface area contributed by atoms with Crippen molar-refractivity contribution < 1.29 is 19.1 Å². The van der Waals surface area contributed by atoms with Crippen LogP contribution in [-0.2, 0) is 16.2 Å². The van der Waals surface area contributed by atoms with Crippen molar-refractivity contribution in [3.05, 3.63) is 112 Å². The number of urea groups is 1. The third-order valence-corrected chi connectivity index (χ3v) is 6.45. The number of nitrogens with one attached hydrogen (secondary N) is 1. The Morgan fingerprint density at radius 1 is 0.829 bits per heavy atom. The number of halogens is 1. The van der Waals surface area contributed by atoms with Crippen molar-refractivity contribution in [1.29, 1.82) is 0 Å². The summed E-state index contributed by atoms with van der Waals surface area (Å²) in [7, 11) is 0. The summed E-state index contributed by atoms with van der Waals surface area (Å²) >= 11 is 3.53. The topological polar surface area (TPSA) is 75.7 Å². The maximum absolute atomic E-state index is 13.4. The van der Waals surface area contributed by atoms with Gasteiger partial charge in [-0.2, -0.15) is 0 Å². The molecule has 4 amide bonds. The highest BCUT2D eigenvalue weighted by Gasteiger charge is 2.37. The van der Waals surface area contributed by atoms with E-state index < -0.39 is 17.8 Å². The first kappa shape index (κ1) is 22.6. The van der Waals surface area contributed by atoms with Crippen LogP contribution in [0.4, 0.5) is 10.5 Å². The number of anilines is 1. The van der Waals surface area contributed by atoms with E-state index in [1.165, 1.54) is 6.08 Å². The van der Waals surface area contributed by atoms with E-state index in [-0.39, 0.29) is 12.2 Å². The summed E-state index contributed by atoms with van der Waals surface area (Å²) in [6.45, 7) is 0.282. The molecule has 0 unspecified atom stereocenters. The molecular weight excluding hydrogens is 508 g/mol. The third kappa shape index (κ3) is 4.46. The summed E-state index contributed by atoms with van der Waals surface area (Å²) in [5.41, 5.74) is 1.75. The standard InChI is InChI=1S/C28H19BrN2O4/c29-24-13-7-5-9-19(24)17-35-25-15-14-18-8-4-6-12-21(18)22(25)16-23-26(32)30-28(34)31(27(23)33)20-10-2-1-3-11-20/h1-16H,17H2,(H,30,32,34)/b23-16+. The van der Waals surface area contributed by atoms with E-state index in [1.807, 2.05) is 60.7 Å². The number of imide groups is 2. The van der Waals surface area contributed by atoms with E-state index in [4.69, 9.17) is 4.74 Å². The van der Waals surface area contributed by atoms with Crippen LogP contribution in [0, 0.1) is 0 Å². The maximum atomic E-state index is 13.4. The Balaban J connectivity index is 1.59. The maximum Gasteiger partial charge on any atom is 0.335 e. The molecule has 0 saturated carbocycles. The lowest BCUT2D eigenvalue weighted by molar-refractivity contribution is -0.122. The minimum Gasteiger partial charge on any atom is -0.488 e. The summed E-state index contributed by atoms with van der Waals surface area (Å²) in [5, 5.41) is 4.01. The Morgan fingerprint density at radius 2 is 1.54 bits per heavy atom. The molecule has 1 saturated heterocycles. The lowest BCUT2D eigenvalue weighted by atomic mass is 9.99. The molecule has 0 aromatic heterocycles. The molecule has 6 nitrogen and oxygen atoms in total. The Morgan fingerprint density at radius 3 is 2.34 bits per heavy atom. The van der Waals surface area contributed by atoms with Crippen LogP contribution in [0.1, 0.15) is 11.1 Å². The zero-order chi connectivity index (χ0) is 24.4. The van der Waals surface area contributed by atoms with Gasteiger partial charge >= 0.3 is 6.03 Å². The van der Waals surface area contributed by atoms with Gasteiger partial charge in [-0.15, -0.1) is 0 Å². The van der Waals surface area contributed by atoms with Crippen LogP contribution in [-0.4, -0.2) is 17.8 Å². The average molecular weight is 527 g/mol. The van der Waals surface area contributed by atoms with Gasteiger partial charge in [0, 0.05) is 15.6 Å². The van der Waals surface area contributed by atoms with Crippen LogP contribution in [0.3, 0.4) is 0 Å². The number of carbonyl (C=O) groups is 3. The fourth-order valence-corrected chi connectivity index (χ4v) is 4.33. The lowest BCUT2D eigenvalue weighted by Crippen LogP contribution is -2.54. The highest BCUT2D eigenvalue weighted by atomic mass is 79.9. The second kappa shape index (κ2) is 9.56. The van der Waals surface area contributed by atoms with E-state index in [9.17, 15) is 14.4 Å². The first-order chi connectivity index (χ1) is 17.0. The van der Waals surface area contributed by atoms with Crippen LogP contribution in [0.5, 0.6) is 5.75 Å². The number of hydrogen-bond donors (Lipinski definition) is 1. The van der Waals surface area contributed by atoms with Crippen LogP contribution in [0.2, 0.25) is 0 Å². The predicted molar refractivity (Wildman–Crippen MR) is 138 cm³/mol. The molecule has 0 atom stereocenters. The molecule has 1 heterocycles. The number of amides is 4. The summed E-state index contributed by atoms with van der Waals surface area (Å²) in [6.07, 6.45) is 1.50. The van der Waals surface area contributed by atoms with Crippen molar-refractivity contribution in [2.45, 2.75) is 6.61 Å². The van der Waals surface area contributed by atoms with Gasteiger partial charge in [0.1, 0.15) is 17.9 Å². The second-order valence-electron chi connectivity index (χ2n) is 7.87. The van der Waals surface area contributed by atoms with E-state index in [0.717, 1.165) is 25.7 Å². The van der Waals surface area contributed by atoms with Crippen molar-refractivity contribution in [2.75, 3.05) is 4.90 Å². The van der Waals surface area contributed by atoms with Gasteiger partial charge in [0.25, 0.3) is 11.8 Å². The average Bonchev–Trinajstić information content (AvgIpc) is 2.87. The second-order valence-corrected chi connectivity index (χ2v) is 8.73. The van der Waals surface area contributed by atoms with E-state index in [2.05, 4.69) is 21.2 Å². The van der Waals surface area contributed by atoms with E-state index in [0.29, 0.717) is 17.0 Å². The van der Waals surface area contributed by atoms with Crippen LogP contribution in [0.15, 0.2) is 101 Å². The molecule has 0 spiro atoms. The zero-order valence-electron chi connectivity index (χ0n) is 18.4. The van der Waals surface area contributed by atoms with Gasteiger partial charge in [0.05, 0.1) is 5.69 Å². The number of ether oxygens (including phenoxy) is 1. The smallest absolute Gasteiger partial charge is 0.335 e. The van der Waals surface area contributed by atoms with Crippen molar-refractivity contribution in [3.63, 3.8) is 0 Å². The predicted octanol–water partition coefficient (Wildman–Crippen LogP) is 5.85. The highest BCUT2D eigenvalue weighted by molar-refractivity contribution is 9.10. The summed E-state index contributed by atoms with van der Waals surface area (Å²) in [6, 6.07) is 26.8. The highest BCUT2D eigenvalue weighted by Crippen LogP contribution is 2.32. The van der Waals surface area contributed by atoms with Gasteiger partial charge in [0.15, 0.2) is 0 Å². The number of barbiturate groups is 1. The fraction of sp³-hybridized carbons (Fsp3) is 0.0357. The summed E-state index contributed by atoms with van der Waals surface area (Å²) in [5.74, 6) is -0.942. The molecule has 7 heteroatoms. The van der Waals surface area contributed by atoms with Crippen LogP contribution in [0.25, 0.3) is 16.8 Å². The molecule has 0 bridgehead atoms. The molecule has 1 aliphatic rings. The van der Waals surface area contributed by atoms with Crippen LogP contribution >= 0.6 is 15.9 Å². The van der Waals surface area contributed by atoms with Gasteiger partial charge in [-0.1, -0.05) is 82.7 Å². The normalized spacial score (nSPS) is 14.9. The molecular formula is C28H19BrN2O4. The summed E-state index contributed by atoms with van der Waals surface area (Å²) < 4.78 is 7.07. The van der Waals surface area contributed by atoms with E-state index in [1.54, 1.807) is 30.3 Å². The molecule has 172 valence electrons. The third-order valence-electron chi connectivity index (χ3n) is 5.68. The van der Waals surface area contributed by atoms with Crippen molar-refractivity contribution in [2.24, 2.45) is 0 Å². The number of carbonyl (C=O) groups excluding carboxylic acids is 3. The molecule has 1 N–H and O–H groups in total. The molecule has 0 aliphatic carbocycles. The minimum atomic E-state index is -0.785. The van der Waals surface area contributed by atoms with Crippen LogP contribution < -0.4 is 15.0 Å². The van der Waals surface area contributed by atoms with Gasteiger partial charge in [-0.3, -0.25) is 14.9 Å². The first-order valence-corrected chi connectivity index (χ1v) is 11.7. The Kier molecular flexibility index (Phi) is 6.16. The van der Waals surface area contributed by atoms with Crippen molar-refractivity contribution >= 4 is 56.3 Å². The number of nitrogens with zero attached hydrogens (tertiary/aromatic N) is 1. The first-order valence-electron chi connectivity index (χ1n) is 10.9. The number of para-hydroxylation sites is 1. The Hall–Kier alpha value is -4.23. The Bertz CT molecular complexity index is 1500. The molecule has 1 fully saturated rings. The number of benzene rings is 4. The van der Waals surface area contributed by atoms with Gasteiger partial charge < -0.3 is 4.74 Å². The molecule has 35 heavy (non-hydrogen) atoms. The molecule has 4 aromatic carbocycles. The fourth-order valence-electron chi connectivity index (χ4n) is 3.93. The zero-order valence-corrected chi connectivity index (χ0v) is 20.0.